The van der Waals surface area contributed by atoms with E-state index in [1.807, 2.05) is 26.8 Å². The Kier molecular flexibility index (Phi) is 4.84. The highest BCUT2D eigenvalue weighted by molar-refractivity contribution is 6.04. The van der Waals surface area contributed by atoms with Crippen LogP contribution in [-0.4, -0.2) is 20.9 Å². The first-order chi connectivity index (χ1) is 10.5. The van der Waals surface area contributed by atoms with Crippen molar-refractivity contribution in [3.63, 3.8) is 0 Å². The number of ketones is 1. The molecule has 4 nitrogen and oxygen atoms in total. The fourth-order valence-electron chi connectivity index (χ4n) is 1.91. The maximum atomic E-state index is 11.9. The maximum Gasteiger partial charge on any atom is 0.178 e. The molecule has 1 aromatic carbocycles. The minimum atomic E-state index is -0.150. The Labute approximate surface area is 129 Å². The molecule has 2 aromatic rings. The van der Waals surface area contributed by atoms with Crippen LogP contribution in [0.15, 0.2) is 36.4 Å². The molecule has 0 radical (unpaired) electrons. The summed E-state index contributed by atoms with van der Waals surface area (Å²) in [5.41, 5.74) is 4.01. The van der Waals surface area contributed by atoms with Crippen molar-refractivity contribution in [1.29, 1.82) is 0 Å². The van der Waals surface area contributed by atoms with Crippen LogP contribution in [0.2, 0.25) is 0 Å². The smallest absolute Gasteiger partial charge is 0.178 e. The van der Waals surface area contributed by atoms with E-state index >= 15 is 0 Å². The van der Waals surface area contributed by atoms with Gasteiger partial charge in [-0.1, -0.05) is 18.2 Å². The molecule has 1 N–H and O–H groups in total. The highest BCUT2D eigenvalue weighted by Crippen LogP contribution is 2.12. The zero-order chi connectivity index (χ0) is 16.1. The minimum absolute atomic E-state index is 0.150. The molecule has 0 amide bonds. The van der Waals surface area contributed by atoms with Gasteiger partial charge in [-0.25, -0.2) is 4.98 Å². The summed E-state index contributed by atoms with van der Waals surface area (Å²) < 4.78 is 0. The molecule has 0 aliphatic rings. The van der Waals surface area contributed by atoms with Gasteiger partial charge in [-0.15, -0.1) is 0 Å². The monoisotopic (exact) mass is 294 g/mol. The predicted octanol–water partition coefficient (Wildman–Crippen LogP) is 3.40. The molecule has 1 aromatic heterocycles. The molecule has 1 heterocycles. The molecule has 0 spiro atoms. The normalized spacial score (nSPS) is 11.4. The molecule has 22 heavy (non-hydrogen) atoms. The Morgan fingerprint density at radius 1 is 1.00 bits per heavy atom. The van der Waals surface area contributed by atoms with Crippen LogP contribution in [0.4, 0.5) is 0 Å². The molecule has 0 aliphatic carbocycles. The number of nitrogens with zero attached hydrogens (tertiary/aromatic N) is 2. The first-order valence-electron chi connectivity index (χ1n) is 6.96. The van der Waals surface area contributed by atoms with Crippen LogP contribution < -0.4 is 0 Å². The summed E-state index contributed by atoms with van der Waals surface area (Å²) in [6, 6.07) is 6.71. The highest BCUT2D eigenvalue weighted by Gasteiger charge is 2.02. The Bertz CT molecular complexity index is 762. The number of hydrogen-bond acceptors (Lipinski definition) is 4. The second-order valence-electron chi connectivity index (χ2n) is 5.03. The van der Waals surface area contributed by atoms with Gasteiger partial charge in [-0.05, 0) is 56.7 Å². The number of carbonyl (C=O) groups is 1. The molecular weight excluding hydrogens is 276 g/mol. The van der Waals surface area contributed by atoms with Crippen LogP contribution in [0, 0.1) is 20.8 Å². The van der Waals surface area contributed by atoms with E-state index in [4.69, 9.17) is 0 Å². The van der Waals surface area contributed by atoms with Crippen molar-refractivity contribution in [3.05, 3.63) is 64.8 Å². The predicted molar refractivity (Wildman–Crippen MR) is 87.4 cm³/mol. The number of allylic oxidation sites excluding steroid dienone is 2. The first kappa shape index (κ1) is 15.6. The molecule has 0 aliphatic heterocycles. The number of benzene rings is 1. The third-order valence-corrected chi connectivity index (χ3v) is 3.23. The SMILES string of the molecule is Cc1nc(C)c(/C=C/C(=O)/C=C/c2cccc(O)c2)nc1C. The number of rotatable bonds is 4. The van der Waals surface area contributed by atoms with Crippen molar-refractivity contribution in [3.8, 4) is 5.75 Å². The lowest BCUT2D eigenvalue weighted by molar-refractivity contribution is -0.110. The molecule has 0 saturated heterocycles. The average Bonchev–Trinajstić information content (AvgIpc) is 2.47. The molecule has 0 saturated carbocycles. The Morgan fingerprint density at radius 2 is 1.68 bits per heavy atom. The van der Waals surface area contributed by atoms with Crippen LogP contribution in [0.5, 0.6) is 5.75 Å². The van der Waals surface area contributed by atoms with Crippen LogP contribution in [0.1, 0.15) is 28.3 Å². The van der Waals surface area contributed by atoms with E-state index < -0.39 is 0 Å². The van der Waals surface area contributed by atoms with E-state index in [9.17, 15) is 9.90 Å². The van der Waals surface area contributed by atoms with Gasteiger partial charge in [0.1, 0.15) is 5.75 Å². The van der Waals surface area contributed by atoms with E-state index in [-0.39, 0.29) is 11.5 Å². The number of carbonyl (C=O) groups excluding carboxylic acids is 1. The van der Waals surface area contributed by atoms with Crippen molar-refractivity contribution < 1.29 is 9.90 Å². The van der Waals surface area contributed by atoms with Gasteiger partial charge >= 0.3 is 0 Å². The molecule has 0 fully saturated rings. The average molecular weight is 294 g/mol. The van der Waals surface area contributed by atoms with Crippen LogP contribution >= 0.6 is 0 Å². The van der Waals surface area contributed by atoms with E-state index in [1.165, 1.54) is 12.2 Å². The molecule has 112 valence electrons. The molecule has 0 atom stereocenters. The molecule has 2 rings (SSSR count). The Morgan fingerprint density at radius 3 is 2.41 bits per heavy atom. The summed E-state index contributed by atoms with van der Waals surface area (Å²) >= 11 is 0. The fraction of sp³-hybridized carbons (Fsp3) is 0.167. The summed E-state index contributed by atoms with van der Waals surface area (Å²) in [6.45, 7) is 5.67. The lowest BCUT2D eigenvalue weighted by Crippen LogP contribution is -1.99. The standard InChI is InChI=1S/C18H18N2O2/c1-12-13(2)20-18(14(3)19-12)10-9-16(21)8-7-15-5-4-6-17(22)11-15/h4-11,22H,1-3H3/b8-7+,10-9+. The van der Waals surface area contributed by atoms with Gasteiger partial charge < -0.3 is 5.11 Å². The summed E-state index contributed by atoms with van der Waals surface area (Å²) in [5.74, 6) is 0.0222. The zero-order valence-corrected chi connectivity index (χ0v) is 12.9. The van der Waals surface area contributed by atoms with Gasteiger partial charge in [0.2, 0.25) is 0 Å². The van der Waals surface area contributed by atoms with Gasteiger partial charge in [0.05, 0.1) is 22.8 Å². The summed E-state index contributed by atoms with van der Waals surface area (Å²) in [4.78, 5) is 20.7. The summed E-state index contributed by atoms with van der Waals surface area (Å²) in [6.07, 6.45) is 6.25. The topological polar surface area (TPSA) is 63.1 Å². The largest absolute Gasteiger partial charge is 0.508 e. The quantitative estimate of drug-likeness (QED) is 0.878. The lowest BCUT2D eigenvalue weighted by atomic mass is 10.1. The van der Waals surface area contributed by atoms with Crippen LogP contribution in [0.25, 0.3) is 12.2 Å². The van der Waals surface area contributed by atoms with Crippen molar-refractivity contribution in [2.45, 2.75) is 20.8 Å². The second kappa shape index (κ2) is 6.80. The number of hydrogen-bond donors (Lipinski definition) is 1. The number of phenols is 1. The zero-order valence-electron chi connectivity index (χ0n) is 12.9. The van der Waals surface area contributed by atoms with E-state index in [0.717, 1.165) is 22.6 Å². The molecule has 0 bridgehead atoms. The minimum Gasteiger partial charge on any atom is -0.508 e. The number of aryl methyl sites for hydroxylation is 3. The third kappa shape index (κ3) is 4.12. The molecule has 0 unspecified atom stereocenters. The van der Waals surface area contributed by atoms with Gasteiger partial charge in [0, 0.05) is 0 Å². The van der Waals surface area contributed by atoms with E-state index in [2.05, 4.69) is 9.97 Å². The lowest BCUT2D eigenvalue weighted by Gasteiger charge is -2.03. The van der Waals surface area contributed by atoms with Gasteiger partial charge in [-0.2, -0.15) is 0 Å². The Balaban J connectivity index is 2.10. The van der Waals surface area contributed by atoms with Crippen LogP contribution in [0.3, 0.4) is 0 Å². The number of aromatic nitrogens is 2. The number of aromatic hydroxyl groups is 1. The van der Waals surface area contributed by atoms with Gasteiger partial charge in [0.25, 0.3) is 0 Å². The maximum absolute atomic E-state index is 11.9. The fourth-order valence-corrected chi connectivity index (χ4v) is 1.91. The van der Waals surface area contributed by atoms with Crippen molar-refractivity contribution in [1.82, 2.24) is 9.97 Å². The van der Waals surface area contributed by atoms with Crippen molar-refractivity contribution in [2.75, 3.05) is 0 Å². The van der Waals surface area contributed by atoms with E-state index in [1.54, 1.807) is 30.4 Å². The number of phenolic OH excluding ortho intramolecular Hbond substituents is 1. The van der Waals surface area contributed by atoms with Gasteiger partial charge in [0.15, 0.2) is 5.78 Å². The summed E-state index contributed by atoms with van der Waals surface area (Å²) in [7, 11) is 0. The molecular formula is C18H18N2O2. The Hall–Kier alpha value is -2.75. The van der Waals surface area contributed by atoms with E-state index in [0.29, 0.717) is 5.69 Å². The first-order valence-corrected chi connectivity index (χ1v) is 6.96. The van der Waals surface area contributed by atoms with Crippen LogP contribution in [-0.2, 0) is 4.79 Å². The highest BCUT2D eigenvalue weighted by atomic mass is 16.3. The second-order valence-corrected chi connectivity index (χ2v) is 5.03. The van der Waals surface area contributed by atoms with Crippen molar-refractivity contribution >= 4 is 17.9 Å². The van der Waals surface area contributed by atoms with Gasteiger partial charge in [-0.3, -0.25) is 9.78 Å². The van der Waals surface area contributed by atoms with Crippen molar-refractivity contribution in [2.24, 2.45) is 0 Å². The molecule has 4 heteroatoms. The summed E-state index contributed by atoms with van der Waals surface area (Å²) in [5, 5.41) is 9.36. The third-order valence-electron chi connectivity index (χ3n) is 3.23.